The Bertz CT molecular complexity index is 1040. The smallest absolute Gasteiger partial charge is 0.326 e. The minimum Gasteiger partial charge on any atom is -0.480 e. The van der Waals surface area contributed by atoms with Crippen molar-refractivity contribution in [3.8, 4) is 0 Å². The number of amides is 1. The van der Waals surface area contributed by atoms with Gasteiger partial charge in [-0.15, -0.1) is 0 Å². The molecular formula is C25H27Cl2NO3S. The fraction of sp³-hybridized carbons (Fsp3) is 0.440. The van der Waals surface area contributed by atoms with E-state index in [2.05, 4.69) is 26.0 Å². The van der Waals surface area contributed by atoms with Gasteiger partial charge >= 0.3 is 5.97 Å². The average Bonchev–Trinajstić information content (AvgIpc) is 3.57. The first-order chi connectivity index (χ1) is 15.3. The molecule has 1 aliphatic heterocycles. The van der Waals surface area contributed by atoms with E-state index in [0.717, 1.165) is 28.2 Å². The molecule has 1 N–H and O–H groups in total. The van der Waals surface area contributed by atoms with E-state index in [1.54, 1.807) is 16.7 Å². The highest BCUT2D eigenvalue weighted by molar-refractivity contribution is 7.99. The van der Waals surface area contributed by atoms with Gasteiger partial charge in [-0.05, 0) is 60.8 Å². The van der Waals surface area contributed by atoms with Crippen molar-refractivity contribution in [2.75, 3.05) is 6.54 Å². The van der Waals surface area contributed by atoms with Crippen LogP contribution in [0.1, 0.15) is 62.5 Å². The summed E-state index contributed by atoms with van der Waals surface area (Å²) in [6.07, 6.45) is 2.90. The fourth-order valence-corrected chi connectivity index (χ4v) is 6.34. The molecule has 1 heterocycles. The summed E-state index contributed by atoms with van der Waals surface area (Å²) in [5.74, 6) is -0.817. The molecule has 4 rings (SSSR count). The number of halogens is 2. The van der Waals surface area contributed by atoms with Gasteiger partial charge in [-0.1, -0.05) is 73.1 Å². The van der Waals surface area contributed by atoms with Crippen molar-refractivity contribution >= 4 is 46.8 Å². The number of aliphatic carboxylic acids is 1. The molecular weight excluding hydrogens is 465 g/mol. The predicted octanol–water partition coefficient (Wildman–Crippen LogP) is 6.84. The minimum atomic E-state index is -0.917. The van der Waals surface area contributed by atoms with Gasteiger partial charge in [0.15, 0.2) is 0 Å². The van der Waals surface area contributed by atoms with Crippen LogP contribution in [0.5, 0.6) is 0 Å². The van der Waals surface area contributed by atoms with Gasteiger partial charge in [-0.25, -0.2) is 4.79 Å². The SMILES string of the molecule is CC(C)c1ccccc1Sc1ccc([C@@H]2C[C@H]2C(=O)N2CCCC[C@@H]2C(=O)O)c(Cl)c1Cl. The van der Waals surface area contributed by atoms with Crippen molar-refractivity contribution in [3.05, 3.63) is 57.6 Å². The van der Waals surface area contributed by atoms with Crippen molar-refractivity contribution < 1.29 is 14.7 Å². The average molecular weight is 492 g/mol. The molecule has 2 aliphatic rings. The second-order valence-corrected chi connectivity index (χ2v) is 10.7. The highest BCUT2D eigenvalue weighted by atomic mass is 35.5. The molecule has 0 spiro atoms. The first-order valence-electron chi connectivity index (χ1n) is 11.1. The summed E-state index contributed by atoms with van der Waals surface area (Å²) < 4.78 is 0. The number of piperidine rings is 1. The highest BCUT2D eigenvalue weighted by Gasteiger charge is 2.49. The summed E-state index contributed by atoms with van der Waals surface area (Å²) in [5, 5.41) is 10.5. The van der Waals surface area contributed by atoms with Gasteiger partial charge in [0, 0.05) is 22.3 Å². The molecule has 0 unspecified atom stereocenters. The van der Waals surface area contributed by atoms with E-state index >= 15 is 0 Å². The molecule has 1 saturated heterocycles. The molecule has 1 amide bonds. The topological polar surface area (TPSA) is 57.6 Å². The zero-order valence-corrected chi connectivity index (χ0v) is 20.5. The molecule has 1 aliphatic carbocycles. The van der Waals surface area contributed by atoms with Gasteiger partial charge in [0.2, 0.25) is 5.91 Å². The van der Waals surface area contributed by atoms with Crippen molar-refractivity contribution in [3.63, 3.8) is 0 Å². The number of rotatable bonds is 6. The van der Waals surface area contributed by atoms with E-state index in [-0.39, 0.29) is 17.7 Å². The first-order valence-corrected chi connectivity index (χ1v) is 12.6. The molecule has 2 aromatic carbocycles. The summed E-state index contributed by atoms with van der Waals surface area (Å²) in [6.45, 7) is 4.84. The molecule has 2 fully saturated rings. The predicted molar refractivity (Wildman–Crippen MR) is 129 cm³/mol. The lowest BCUT2D eigenvalue weighted by Crippen LogP contribution is -2.48. The summed E-state index contributed by atoms with van der Waals surface area (Å²) in [6, 6.07) is 11.5. The maximum absolute atomic E-state index is 13.0. The third-order valence-corrected chi connectivity index (χ3v) is 8.58. The number of carbonyl (C=O) groups excluding carboxylic acids is 1. The van der Waals surface area contributed by atoms with Gasteiger partial charge in [-0.3, -0.25) is 4.79 Å². The van der Waals surface area contributed by atoms with Crippen LogP contribution in [0.15, 0.2) is 46.2 Å². The zero-order valence-electron chi connectivity index (χ0n) is 18.2. The Labute approximate surface area is 203 Å². The number of likely N-dealkylation sites (tertiary alicyclic amines) is 1. The zero-order chi connectivity index (χ0) is 23.0. The van der Waals surface area contributed by atoms with E-state index in [1.807, 2.05) is 24.3 Å². The van der Waals surface area contributed by atoms with Gasteiger partial charge < -0.3 is 10.0 Å². The maximum atomic E-state index is 13.0. The van der Waals surface area contributed by atoms with Crippen LogP contribution >= 0.6 is 35.0 Å². The Morgan fingerprint density at radius 2 is 1.81 bits per heavy atom. The molecule has 2 aromatic rings. The Balaban J connectivity index is 1.51. The van der Waals surface area contributed by atoms with Gasteiger partial charge in [0.25, 0.3) is 0 Å². The molecule has 170 valence electrons. The van der Waals surface area contributed by atoms with Crippen LogP contribution in [0.2, 0.25) is 10.0 Å². The first kappa shape index (κ1) is 23.5. The van der Waals surface area contributed by atoms with E-state index < -0.39 is 12.0 Å². The fourth-order valence-electron chi connectivity index (χ4n) is 4.56. The Hall–Kier alpha value is -1.69. The second kappa shape index (κ2) is 9.66. The minimum absolute atomic E-state index is 0.00845. The number of hydrogen-bond acceptors (Lipinski definition) is 3. The van der Waals surface area contributed by atoms with Crippen molar-refractivity contribution in [2.45, 2.75) is 67.2 Å². The van der Waals surface area contributed by atoms with E-state index in [0.29, 0.717) is 35.3 Å². The molecule has 4 nitrogen and oxygen atoms in total. The quantitative estimate of drug-likeness (QED) is 0.480. The third kappa shape index (κ3) is 4.66. The van der Waals surface area contributed by atoms with Crippen LogP contribution in [0, 0.1) is 5.92 Å². The number of nitrogens with zero attached hydrogens (tertiary/aromatic N) is 1. The van der Waals surface area contributed by atoms with E-state index in [1.165, 1.54) is 5.56 Å². The number of hydrogen-bond donors (Lipinski definition) is 1. The molecule has 0 radical (unpaired) electrons. The summed E-state index contributed by atoms with van der Waals surface area (Å²) in [7, 11) is 0. The third-order valence-electron chi connectivity index (χ3n) is 6.42. The summed E-state index contributed by atoms with van der Waals surface area (Å²) >= 11 is 14.9. The molecule has 0 bridgehead atoms. The van der Waals surface area contributed by atoms with Gasteiger partial charge in [-0.2, -0.15) is 0 Å². The summed E-state index contributed by atoms with van der Waals surface area (Å²) in [4.78, 5) is 28.2. The van der Waals surface area contributed by atoms with E-state index in [9.17, 15) is 14.7 Å². The van der Waals surface area contributed by atoms with E-state index in [4.69, 9.17) is 23.2 Å². The van der Waals surface area contributed by atoms with Gasteiger partial charge in [0.1, 0.15) is 6.04 Å². The largest absolute Gasteiger partial charge is 0.480 e. The monoisotopic (exact) mass is 491 g/mol. The van der Waals surface area contributed by atoms with Crippen molar-refractivity contribution in [2.24, 2.45) is 5.92 Å². The Morgan fingerprint density at radius 1 is 1.06 bits per heavy atom. The Kier molecular flexibility index (Phi) is 7.09. The highest BCUT2D eigenvalue weighted by Crippen LogP contribution is 2.53. The lowest BCUT2D eigenvalue weighted by atomic mass is 10.0. The standard InChI is InChI=1S/C25H27Cl2NO3S/c1-14(2)15-7-3-4-9-20(15)32-21-11-10-16(22(26)23(21)27)17-13-18(17)24(29)28-12-6-5-8-19(28)25(30)31/h3-4,7,9-11,14,17-19H,5-6,8,12-13H2,1-2H3,(H,30,31)/t17-,18+,19+/m0/s1. The Morgan fingerprint density at radius 3 is 2.53 bits per heavy atom. The lowest BCUT2D eigenvalue weighted by molar-refractivity contribution is -0.152. The molecule has 0 aromatic heterocycles. The number of carbonyl (C=O) groups is 2. The number of carboxylic acid groups (broad SMARTS) is 1. The number of benzene rings is 2. The van der Waals surface area contributed by atoms with Gasteiger partial charge in [0.05, 0.1) is 10.0 Å². The van der Waals surface area contributed by atoms with Crippen LogP contribution in [-0.4, -0.2) is 34.5 Å². The van der Waals surface area contributed by atoms with Crippen LogP contribution in [0.25, 0.3) is 0 Å². The molecule has 7 heteroatoms. The normalized spacial score (nSPS) is 22.8. The molecule has 1 saturated carbocycles. The number of carboxylic acids is 1. The van der Waals surface area contributed by atoms with Crippen LogP contribution in [0.3, 0.4) is 0 Å². The molecule has 3 atom stereocenters. The van der Waals surface area contributed by atoms with Crippen LogP contribution < -0.4 is 0 Å². The lowest BCUT2D eigenvalue weighted by Gasteiger charge is -2.33. The maximum Gasteiger partial charge on any atom is 0.326 e. The van der Waals surface area contributed by atoms with Crippen LogP contribution in [0.4, 0.5) is 0 Å². The molecule has 32 heavy (non-hydrogen) atoms. The summed E-state index contributed by atoms with van der Waals surface area (Å²) in [5.41, 5.74) is 2.14. The van der Waals surface area contributed by atoms with Crippen LogP contribution in [-0.2, 0) is 9.59 Å². The van der Waals surface area contributed by atoms with Crippen molar-refractivity contribution in [1.82, 2.24) is 4.90 Å². The van der Waals surface area contributed by atoms with Crippen molar-refractivity contribution in [1.29, 1.82) is 0 Å². The second-order valence-electron chi connectivity index (χ2n) is 8.91.